The van der Waals surface area contributed by atoms with Gasteiger partial charge in [-0.3, -0.25) is 0 Å². The van der Waals surface area contributed by atoms with Crippen LogP contribution >= 0.6 is 50.7 Å². The average molecular weight is 1010 g/mol. The third kappa shape index (κ3) is 6.91. The van der Waals surface area contributed by atoms with E-state index in [9.17, 15) is 0 Å². The third-order valence-corrected chi connectivity index (χ3v) is 121. The molecule has 0 spiro atoms. The Morgan fingerprint density at radius 1 is 0.375 bits per heavy atom. The van der Waals surface area contributed by atoms with Crippen LogP contribution in [0.5, 0.6) is 0 Å². The quantitative estimate of drug-likeness (QED) is 0.131. The third-order valence-electron chi connectivity index (χ3n) is 15.5. The molecule has 0 amide bonds. The summed E-state index contributed by atoms with van der Waals surface area (Å²) >= 11 is 7.58. The van der Waals surface area contributed by atoms with Crippen molar-refractivity contribution < 1.29 is 5.16 Å². The standard InChI is InChI=1S/2C18H33P.C7H6.2HI.Ru/c2*1-4-10-16(11-5-1)19(17-12-6-2-7-13-17)18-14-8-3-9-15-18;1-7-5-3-2-4-6-7;;;/h2*16-18H,1-15H2;1-6H;2*1H;. The van der Waals surface area contributed by atoms with Crippen LogP contribution in [0, 0.1) is 0 Å². The van der Waals surface area contributed by atoms with Crippen LogP contribution in [0.15, 0.2) is 30.3 Å². The number of halogens is 2. The molecule has 278 valence electrons. The van der Waals surface area contributed by atoms with E-state index in [0.29, 0.717) is 0 Å². The fourth-order valence-corrected chi connectivity index (χ4v) is 166. The fourth-order valence-electron chi connectivity index (χ4n) is 14.0. The van der Waals surface area contributed by atoms with Gasteiger partial charge in [-0.25, -0.2) is 0 Å². The minimum atomic E-state index is -3.42. The van der Waals surface area contributed by atoms with E-state index in [-0.39, 0.29) is 0 Å². The van der Waals surface area contributed by atoms with Gasteiger partial charge in [0.05, 0.1) is 0 Å². The van der Waals surface area contributed by atoms with E-state index < -0.39 is 16.3 Å². The molecule has 0 saturated heterocycles. The van der Waals surface area contributed by atoms with E-state index in [1.165, 1.54) is 0 Å². The van der Waals surface area contributed by atoms with E-state index in [1.54, 1.807) is 198 Å². The van der Waals surface area contributed by atoms with Gasteiger partial charge in [0.2, 0.25) is 0 Å². The van der Waals surface area contributed by atoms with Crippen molar-refractivity contribution in [3.63, 3.8) is 0 Å². The zero-order chi connectivity index (χ0) is 32.9. The van der Waals surface area contributed by atoms with Crippen LogP contribution in [0.2, 0.25) is 0 Å². The van der Waals surface area contributed by atoms with Gasteiger partial charge >= 0.3 is 323 Å². The van der Waals surface area contributed by atoms with E-state index in [1.807, 2.05) is 0 Å². The summed E-state index contributed by atoms with van der Waals surface area (Å²) < 4.78 is 3.45. The first-order chi connectivity index (χ1) is 23.5. The molecule has 0 aromatic heterocycles. The second-order valence-electron chi connectivity index (χ2n) is 17.9. The van der Waals surface area contributed by atoms with E-state index in [2.05, 4.69) is 74.4 Å². The molecule has 1 aromatic carbocycles. The molecule has 0 nitrogen and oxygen atoms in total. The Bertz CT molecular complexity index is 1050. The van der Waals surface area contributed by atoms with Crippen LogP contribution < -0.4 is 0 Å². The maximum absolute atomic E-state index is 3.79. The van der Waals surface area contributed by atoms with Gasteiger partial charge in [0.15, 0.2) is 0 Å². The van der Waals surface area contributed by atoms with Crippen molar-refractivity contribution in [1.29, 1.82) is 0 Å². The van der Waals surface area contributed by atoms with Gasteiger partial charge < -0.3 is 0 Å². The van der Waals surface area contributed by atoms with Crippen molar-refractivity contribution in [3.05, 3.63) is 35.9 Å². The Morgan fingerprint density at radius 2 is 0.604 bits per heavy atom. The molecule has 6 saturated carbocycles. The Morgan fingerprint density at radius 3 is 0.833 bits per heavy atom. The van der Waals surface area contributed by atoms with E-state index in [4.69, 9.17) is 0 Å². The van der Waals surface area contributed by atoms with Crippen molar-refractivity contribution in [2.45, 2.75) is 227 Å². The van der Waals surface area contributed by atoms with Gasteiger partial charge in [-0.15, -0.1) is 0 Å². The number of hydrogen-bond donors (Lipinski definition) is 0. The van der Waals surface area contributed by atoms with Crippen molar-refractivity contribution in [1.82, 2.24) is 0 Å². The minimum absolute atomic E-state index is 1.14. The molecule has 6 aliphatic rings. The molecule has 0 bridgehead atoms. The van der Waals surface area contributed by atoms with Gasteiger partial charge in [-0.1, -0.05) is 0 Å². The summed E-state index contributed by atoms with van der Waals surface area (Å²) in [6.07, 6.45) is 47.9. The van der Waals surface area contributed by atoms with Crippen molar-refractivity contribution in [2.75, 3.05) is 0 Å². The zero-order valence-corrected chi connectivity index (χ0v) is 38.8. The van der Waals surface area contributed by atoms with Crippen LogP contribution in [-0.2, 0) is 5.16 Å². The topological polar surface area (TPSA) is 0 Å². The Kier molecular flexibility index (Phi) is 13.8. The summed E-state index contributed by atoms with van der Waals surface area (Å²) in [4.78, 5) is 0. The van der Waals surface area contributed by atoms with Gasteiger partial charge in [0.1, 0.15) is 0 Å². The summed E-state index contributed by atoms with van der Waals surface area (Å²) in [7, 11) is 0. The first kappa shape index (κ1) is 38.3. The summed E-state index contributed by atoms with van der Waals surface area (Å²) in [5.74, 6) is 0. The van der Waals surface area contributed by atoms with Gasteiger partial charge in [-0.05, 0) is 0 Å². The van der Waals surface area contributed by atoms with Gasteiger partial charge in [0.25, 0.3) is 0 Å². The molecule has 6 fully saturated rings. The van der Waals surface area contributed by atoms with Crippen molar-refractivity contribution in [2.24, 2.45) is 0 Å². The molecular weight excluding hydrogens is 933 g/mol. The second-order valence-corrected chi connectivity index (χ2v) is 94.5. The molecule has 48 heavy (non-hydrogen) atoms. The molecule has 0 atom stereocenters. The molecule has 6 aliphatic carbocycles. The molecule has 5 heteroatoms. The van der Waals surface area contributed by atoms with Crippen LogP contribution in [0.1, 0.15) is 198 Å². The van der Waals surface area contributed by atoms with Crippen LogP contribution in [0.25, 0.3) is 0 Å². The fraction of sp³-hybridized carbons (Fsp3) is 0.837. The summed E-state index contributed by atoms with van der Waals surface area (Å²) in [5.41, 5.74) is 4.77. The normalized spacial score (nSPS) is 28.0. The predicted molar refractivity (Wildman–Crippen MR) is 238 cm³/mol. The number of rotatable bonds is 9. The average Bonchev–Trinajstić information content (AvgIpc) is 3.15. The predicted octanol–water partition coefficient (Wildman–Crippen LogP) is 15.6. The summed E-state index contributed by atoms with van der Waals surface area (Å²) in [5, 5.41) is -3.42. The van der Waals surface area contributed by atoms with E-state index >= 15 is 0 Å². The molecule has 0 heterocycles. The van der Waals surface area contributed by atoms with E-state index in [0.717, 1.165) is 34.0 Å². The molecule has 0 unspecified atom stereocenters. The first-order valence-electron chi connectivity index (χ1n) is 21.7. The van der Waals surface area contributed by atoms with Crippen LogP contribution in [0.4, 0.5) is 0 Å². The van der Waals surface area contributed by atoms with Crippen LogP contribution in [0.3, 0.4) is 0 Å². The van der Waals surface area contributed by atoms with Gasteiger partial charge in [0, 0.05) is 0 Å². The maximum atomic E-state index is 3.79. The zero-order valence-electron chi connectivity index (χ0n) is 30.8. The van der Waals surface area contributed by atoms with Crippen LogP contribution in [-0.4, -0.2) is 38.6 Å². The molecule has 0 aliphatic heterocycles. The van der Waals surface area contributed by atoms with Crippen molar-refractivity contribution in [3.8, 4) is 0 Å². The Labute approximate surface area is 319 Å². The summed E-state index contributed by atoms with van der Waals surface area (Å²) in [6, 6.07) is 12.5. The summed E-state index contributed by atoms with van der Waals surface area (Å²) in [6.45, 7) is 0. The number of benzene rings is 1. The molecule has 1 aromatic rings. The Balaban J connectivity index is 1.63. The van der Waals surface area contributed by atoms with Crippen molar-refractivity contribution >= 4 is 55.3 Å². The van der Waals surface area contributed by atoms with Gasteiger partial charge in [-0.2, -0.15) is 0 Å². The number of hydrogen-bond acceptors (Lipinski definition) is 0. The first-order valence-corrected chi connectivity index (χ1v) is 42.4. The monoisotopic (exact) mass is 1010 g/mol. The molecule has 0 radical (unpaired) electrons. The Hall–Kier alpha value is 2.03. The molecule has 7 rings (SSSR count). The SMILES string of the molecule is [I][Ru]([I])(=[CH]c1ccccc1)([PH](C1CCCCC1)(C1CCCCC1)C1CCCCC1)[PH](C1CCCCC1)(C1CCCCC1)C1CCCCC1. The second kappa shape index (κ2) is 17.2. The molecule has 0 N–H and O–H groups in total. The molecular formula is C43H74I2P2Ru.